The van der Waals surface area contributed by atoms with Crippen molar-refractivity contribution in [3.05, 3.63) is 23.9 Å². The van der Waals surface area contributed by atoms with Gasteiger partial charge >= 0.3 is 0 Å². The molecule has 1 aromatic rings. The van der Waals surface area contributed by atoms with Crippen LogP contribution >= 0.6 is 11.6 Å². The number of halogens is 1. The largest absolute Gasteiger partial charge is 0.470 e. The van der Waals surface area contributed by atoms with Gasteiger partial charge in [-0.25, -0.2) is 4.98 Å². The molecule has 1 amide bonds. The van der Waals surface area contributed by atoms with Crippen LogP contribution in [0.5, 0.6) is 5.88 Å². The van der Waals surface area contributed by atoms with E-state index >= 15 is 0 Å². The van der Waals surface area contributed by atoms with Crippen LogP contribution in [0.15, 0.2) is 18.3 Å². The Morgan fingerprint density at radius 3 is 3.12 bits per heavy atom. The molecule has 0 radical (unpaired) electrons. The molecule has 0 aliphatic carbocycles. The number of amides is 1. The molecule has 0 spiro atoms. The van der Waals surface area contributed by atoms with Crippen LogP contribution in [-0.4, -0.2) is 40.9 Å². The molecule has 1 aliphatic rings. The summed E-state index contributed by atoms with van der Waals surface area (Å²) in [5.74, 6) is 0.200. The molecule has 0 atom stereocenters. The lowest BCUT2D eigenvalue weighted by Crippen LogP contribution is -2.56. The highest BCUT2D eigenvalue weighted by Gasteiger charge is 2.32. The zero-order valence-electron chi connectivity index (χ0n) is 8.97. The fourth-order valence-corrected chi connectivity index (χ4v) is 1.70. The second-order valence-electron chi connectivity index (χ2n) is 3.64. The van der Waals surface area contributed by atoms with Crippen molar-refractivity contribution in [1.29, 1.82) is 5.26 Å². The predicted octanol–water partition coefficient (Wildman–Crippen LogP) is 0.782. The zero-order valence-corrected chi connectivity index (χ0v) is 9.72. The second kappa shape index (κ2) is 5.02. The van der Waals surface area contributed by atoms with Gasteiger partial charge in [-0.05, 0) is 12.1 Å². The maximum Gasteiger partial charge on any atom is 0.237 e. The van der Waals surface area contributed by atoms with E-state index in [0.29, 0.717) is 24.5 Å². The van der Waals surface area contributed by atoms with Gasteiger partial charge in [-0.3, -0.25) is 4.79 Å². The number of carbonyl (C=O) groups is 1. The van der Waals surface area contributed by atoms with Crippen LogP contribution < -0.4 is 4.74 Å². The van der Waals surface area contributed by atoms with Crippen LogP contribution in [0.4, 0.5) is 0 Å². The number of hydrogen-bond donors (Lipinski definition) is 0. The number of rotatable bonds is 3. The number of hydrogen-bond acceptors (Lipinski definition) is 4. The number of alkyl halides is 1. The van der Waals surface area contributed by atoms with Crippen molar-refractivity contribution in [3.8, 4) is 11.9 Å². The summed E-state index contributed by atoms with van der Waals surface area (Å²) in [4.78, 5) is 16.8. The molecule has 0 unspecified atom stereocenters. The minimum atomic E-state index is -0.107. The first-order valence-corrected chi connectivity index (χ1v) is 5.63. The normalized spacial score (nSPS) is 14.9. The fraction of sp³-hybridized carbons (Fsp3) is 0.364. The molecule has 1 aliphatic heterocycles. The molecule has 0 bridgehead atoms. The van der Waals surface area contributed by atoms with Gasteiger partial charge < -0.3 is 9.64 Å². The average molecular weight is 252 g/mol. The second-order valence-corrected chi connectivity index (χ2v) is 3.91. The van der Waals surface area contributed by atoms with E-state index in [0.717, 1.165) is 0 Å². The molecule has 0 N–H and O–H groups in total. The van der Waals surface area contributed by atoms with E-state index in [2.05, 4.69) is 4.98 Å². The molecular weight excluding hydrogens is 242 g/mol. The highest BCUT2D eigenvalue weighted by molar-refractivity contribution is 6.27. The smallest absolute Gasteiger partial charge is 0.237 e. The highest BCUT2D eigenvalue weighted by atomic mass is 35.5. The molecule has 6 heteroatoms. The quantitative estimate of drug-likeness (QED) is 0.745. The topological polar surface area (TPSA) is 66.2 Å². The van der Waals surface area contributed by atoms with Gasteiger partial charge in [0.05, 0.1) is 13.1 Å². The Labute approximate surface area is 104 Å². The van der Waals surface area contributed by atoms with Crippen molar-refractivity contribution < 1.29 is 9.53 Å². The molecule has 2 rings (SSSR count). The lowest BCUT2D eigenvalue weighted by molar-refractivity contribution is -0.137. The van der Waals surface area contributed by atoms with Gasteiger partial charge in [0.15, 0.2) is 0 Å². The number of nitrogens with zero attached hydrogens (tertiary/aromatic N) is 3. The van der Waals surface area contributed by atoms with Crippen LogP contribution in [0.2, 0.25) is 0 Å². The summed E-state index contributed by atoms with van der Waals surface area (Å²) < 4.78 is 5.53. The minimum Gasteiger partial charge on any atom is -0.470 e. The highest BCUT2D eigenvalue weighted by Crippen LogP contribution is 2.19. The monoisotopic (exact) mass is 251 g/mol. The Balaban J connectivity index is 1.92. The standard InChI is InChI=1S/C11H10ClN3O2/c12-4-10(16)15-6-9(7-15)17-11-8(5-13)2-1-3-14-11/h1-3,9H,4,6-7H2. The van der Waals surface area contributed by atoms with Crippen LogP contribution in [0.1, 0.15) is 5.56 Å². The van der Waals surface area contributed by atoms with Crippen molar-refractivity contribution in [2.45, 2.75) is 6.10 Å². The summed E-state index contributed by atoms with van der Waals surface area (Å²) in [6.45, 7) is 0.986. The zero-order chi connectivity index (χ0) is 12.3. The molecule has 88 valence electrons. The Kier molecular flexibility index (Phi) is 3.45. The molecule has 1 aromatic heterocycles. The van der Waals surface area contributed by atoms with Gasteiger partial charge in [0.1, 0.15) is 23.6 Å². The van der Waals surface area contributed by atoms with Crippen LogP contribution in [0, 0.1) is 11.3 Å². The van der Waals surface area contributed by atoms with Crippen molar-refractivity contribution in [3.63, 3.8) is 0 Å². The maximum absolute atomic E-state index is 11.2. The van der Waals surface area contributed by atoms with E-state index in [-0.39, 0.29) is 17.9 Å². The molecule has 1 fully saturated rings. The summed E-state index contributed by atoms with van der Waals surface area (Å²) in [7, 11) is 0. The third-order valence-corrected chi connectivity index (χ3v) is 2.71. The fourth-order valence-electron chi connectivity index (χ4n) is 1.53. The summed E-state index contributed by atoms with van der Waals surface area (Å²) >= 11 is 5.43. The van der Waals surface area contributed by atoms with E-state index in [4.69, 9.17) is 21.6 Å². The molecule has 0 saturated carbocycles. The van der Waals surface area contributed by atoms with Gasteiger partial charge in [-0.2, -0.15) is 5.26 Å². The molecular formula is C11H10ClN3O2. The average Bonchev–Trinajstić information content (AvgIpc) is 2.32. The Morgan fingerprint density at radius 2 is 2.47 bits per heavy atom. The number of aromatic nitrogens is 1. The minimum absolute atomic E-state index is 0.0141. The van der Waals surface area contributed by atoms with Crippen LogP contribution in [0.25, 0.3) is 0 Å². The van der Waals surface area contributed by atoms with E-state index in [9.17, 15) is 4.79 Å². The lowest BCUT2D eigenvalue weighted by atomic mass is 10.1. The van der Waals surface area contributed by atoms with Crippen molar-refractivity contribution in [1.82, 2.24) is 9.88 Å². The number of pyridine rings is 1. The number of nitriles is 1. The lowest BCUT2D eigenvalue weighted by Gasteiger charge is -2.38. The van der Waals surface area contributed by atoms with Gasteiger partial charge in [-0.1, -0.05) is 0 Å². The third-order valence-electron chi connectivity index (χ3n) is 2.48. The Hall–Kier alpha value is -1.80. The molecule has 2 heterocycles. The van der Waals surface area contributed by atoms with E-state index in [1.54, 1.807) is 23.2 Å². The summed E-state index contributed by atoms with van der Waals surface area (Å²) in [6.07, 6.45) is 1.46. The number of ether oxygens (including phenoxy) is 1. The summed E-state index contributed by atoms with van der Waals surface area (Å²) in [6, 6.07) is 5.32. The third kappa shape index (κ3) is 2.48. The molecule has 0 aromatic carbocycles. The van der Waals surface area contributed by atoms with E-state index < -0.39 is 0 Å². The predicted molar refractivity (Wildman–Crippen MR) is 60.7 cm³/mol. The number of carbonyl (C=O) groups excluding carboxylic acids is 1. The first-order valence-electron chi connectivity index (χ1n) is 5.10. The summed E-state index contributed by atoms with van der Waals surface area (Å²) in [5, 5.41) is 8.85. The first kappa shape index (κ1) is 11.7. The molecule has 17 heavy (non-hydrogen) atoms. The number of likely N-dealkylation sites (tertiary alicyclic amines) is 1. The van der Waals surface area contributed by atoms with E-state index in [1.165, 1.54) is 0 Å². The Morgan fingerprint density at radius 1 is 1.71 bits per heavy atom. The van der Waals surface area contributed by atoms with Crippen LogP contribution in [-0.2, 0) is 4.79 Å². The maximum atomic E-state index is 11.2. The summed E-state index contributed by atoms with van der Waals surface area (Å²) in [5.41, 5.74) is 0.398. The van der Waals surface area contributed by atoms with Crippen molar-refractivity contribution in [2.24, 2.45) is 0 Å². The van der Waals surface area contributed by atoms with Crippen molar-refractivity contribution >= 4 is 17.5 Å². The van der Waals surface area contributed by atoms with Gasteiger partial charge in [0.25, 0.3) is 0 Å². The van der Waals surface area contributed by atoms with E-state index in [1.807, 2.05) is 6.07 Å². The van der Waals surface area contributed by atoms with Gasteiger partial charge in [0, 0.05) is 6.20 Å². The molecule has 1 saturated heterocycles. The van der Waals surface area contributed by atoms with Gasteiger partial charge in [0.2, 0.25) is 11.8 Å². The van der Waals surface area contributed by atoms with Crippen LogP contribution in [0.3, 0.4) is 0 Å². The molecule has 5 nitrogen and oxygen atoms in total. The SMILES string of the molecule is N#Cc1cccnc1OC1CN(C(=O)CCl)C1. The Bertz CT molecular complexity index is 466. The van der Waals surface area contributed by atoms with Crippen molar-refractivity contribution in [2.75, 3.05) is 19.0 Å². The van der Waals surface area contributed by atoms with Gasteiger partial charge in [-0.15, -0.1) is 11.6 Å². The first-order chi connectivity index (χ1) is 8.24.